The van der Waals surface area contributed by atoms with Crippen LogP contribution in [0.4, 0.5) is 5.95 Å². The van der Waals surface area contributed by atoms with Crippen LogP contribution in [0.1, 0.15) is 17.3 Å². The summed E-state index contributed by atoms with van der Waals surface area (Å²) in [4.78, 5) is 20.5. The van der Waals surface area contributed by atoms with Crippen molar-refractivity contribution < 1.29 is 9.90 Å². The number of aldehydes is 1. The summed E-state index contributed by atoms with van der Waals surface area (Å²) in [5.41, 5.74) is 0.478. The number of anilines is 1. The number of aliphatic hydroxyl groups excluding tert-OH is 1. The SMILES string of the molecule is C[C@H](O)C1CN(c2ncc(C=O)cn2)C1. The Morgan fingerprint density at radius 2 is 2.13 bits per heavy atom. The first-order valence-electron chi connectivity index (χ1n) is 4.91. The average Bonchev–Trinajstić information content (AvgIpc) is 2.16. The van der Waals surface area contributed by atoms with E-state index in [-0.39, 0.29) is 6.10 Å². The fourth-order valence-electron chi connectivity index (χ4n) is 1.54. The maximum absolute atomic E-state index is 10.4. The summed E-state index contributed by atoms with van der Waals surface area (Å²) < 4.78 is 0. The van der Waals surface area contributed by atoms with Crippen molar-refractivity contribution >= 4 is 12.2 Å². The van der Waals surface area contributed by atoms with Crippen LogP contribution in [0, 0.1) is 5.92 Å². The van der Waals surface area contributed by atoms with Crippen LogP contribution in [0.15, 0.2) is 12.4 Å². The van der Waals surface area contributed by atoms with Crippen LogP contribution in [0.3, 0.4) is 0 Å². The summed E-state index contributed by atoms with van der Waals surface area (Å²) in [6.45, 7) is 3.34. The van der Waals surface area contributed by atoms with Crippen LogP contribution in [0.5, 0.6) is 0 Å². The predicted molar refractivity (Wildman–Crippen MR) is 54.8 cm³/mol. The fraction of sp³-hybridized carbons (Fsp3) is 0.500. The Morgan fingerprint density at radius 1 is 1.53 bits per heavy atom. The number of hydrogen-bond donors (Lipinski definition) is 1. The Balaban J connectivity index is 1.98. The Hall–Kier alpha value is -1.49. The van der Waals surface area contributed by atoms with Gasteiger partial charge in [-0.3, -0.25) is 4.79 Å². The molecule has 1 aromatic heterocycles. The molecule has 0 aliphatic carbocycles. The Bertz CT molecular complexity index is 344. The summed E-state index contributed by atoms with van der Waals surface area (Å²) >= 11 is 0. The highest BCUT2D eigenvalue weighted by Crippen LogP contribution is 2.22. The molecule has 0 amide bonds. The Kier molecular flexibility index (Phi) is 2.64. The first-order valence-corrected chi connectivity index (χ1v) is 4.91. The number of aromatic nitrogens is 2. The zero-order valence-electron chi connectivity index (χ0n) is 8.50. The molecule has 0 saturated carbocycles. The van der Waals surface area contributed by atoms with Crippen molar-refractivity contribution in [3.8, 4) is 0 Å². The topological polar surface area (TPSA) is 66.3 Å². The second kappa shape index (κ2) is 3.94. The highest BCUT2D eigenvalue weighted by Gasteiger charge is 2.31. The van der Waals surface area contributed by atoms with E-state index in [2.05, 4.69) is 9.97 Å². The minimum atomic E-state index is -0.282. The van der Waals surface area contributed by atoms with Gasteiger partial charge in [-0.2, -0.15) is 0 Å². The Morgan fingerprint density at radius 3 is 2.60 bits per heavy atom. The zero-order chi connectivity index (χ0) is 10.8. The summed E-state index contributed by atoms with van der Waals surface area (Å²) in [5.74, 6) is 0.928. The molecule has 1 saturated heterocycles. The third kappa shape index (κ3) is 1.97. The van der Waals surface area contributed by atoms with E-state index < -0.39 is 0 Å². The van der Waals surface area contributed by atoms with Crippen molar-refractivity contribution in [2.24, 2.45) is 5.92 Å². The first-order chi connectivity index (χ1) is 7.20. The molecule has 2 rings (SSSR count). The van der Waals surface area contributed by atoms with Gasteiger partial charge in [0, 0.05) is 31.4 Å². The largest absolute Gasteiger partial charge is 0.393 e. The van der Waals surface area contributed by atoms with Gasteiger partial charge in [0.15, 0.2) is 6.29 Å². The molecule has 1 aliphatic rings. The third-order valence-corrected chi connectivity index (χ3v) is 2.67. The quantitative estimate of drug-likeness (QED) is 0.712. The molecule has 5 heteroatoms. The van der Waals surface area contributed by atoms with E-state index >= 15 is 0 Å². The smallest absolute Gasteiger partial charge is 0.225 e. The number of hydrogen-bond acceptors (Lipinski definition) is 5. The van der Waals surface area contributed by atoms with Crippen molar-refractivity contribution in [1.82, 2.24) is 9.97 Å². The Labute approximate surface area is 87.8 Å². The number of rotatable bonds is 3. The fourth-order valence-corrected chi connectivity index (χ4v) is 1.54. The normalized spacial score (nSPS) is 18.4. The standard InChI is InChI=1S/C10H13N3O2/c1-7(15)9-4-13(5-9)10-11-2-8(6-14)3-12-10/h2-3,6-7,9,15H,4-5H2,1H3/t7-/m0/s1. The molecule has 1 aliphatic heterocycles. The number of nitrogens with zero attached hydrogens (tertiary/aromatic N) is 3. The minimum absolute atomic E-state index is 0.282. The van der Waals surface area contributed by atoms with Crippen molar-refractivity contribution in [2.45, 2.75) is 13.0 Å². The molecule has 1 aromatic rings. The summed E-state index contributed by atoms with van der Waals surface area (Å²) in [6, 6.07) is 0. The van der Waals surface area contributed by atoms with Crippen LogP contribution in [-0.4, -0.2) is 40.6 Å². The number of carbonyl (C=O) groups excluding carboxylic acids is 1. The van der Waals surface area contributed by atoms with Crippen molar-refractivity contribution in [2.75, 3.05) is 18.0 Å². The minimum Gasteiger partial charge on any atom is -0.393 e. The van der Waals surface area contributed by atoms with Gasteiger partial charge in [-0.15, -0.1) is 0 Å². The highest BCUT2D eigenvalue weighted by molar-refractivity contribution is 5.73. The van der Waals surface area contributed by atoms with Gasteiger partial charge < -0.3 is 10.0 Å². The van der Waals surface area contributed by atoms with E-state index in [0.29, 0.717) is 17.4 Å². The van der Waals surface area contributed by atoms with Gasteiger partial charge in [-0.05, 0) is 6.92 Å². The van der Waals surface area contributed by atoms with Gasteiger partial charge in [0.25, 0.3) is 0 Å². The molecule has 15 heavy (non-hydrogen) atoms. The van der Waals surface area contributed by atoms with E-state index in [1.807, 2.05) is 4.90 Å². The lowest BCUT2D eigenvalue weighted by molar-refractivity contribution is 0.107. The molecule has 0 bridgehead atoms. The molecule has 1 N–H and O–H groups in total. The lowest BCUT2D eigenvalue weighted by Gasteiger charge is -2.40. The second-order valence-electron chi connectivity index (χ2n) is 3.84. The van der Waals surface area contributed by atoms with Crippen LogP contribution in [0.25, 0.3) is 0 Å². The second-order valence-corrected chi connectivity index (χ2v) is 3.84. The molecule has 2 heterocycles. The van der Waals surface area contributed by atoms with Gasteiger partial charge in [0.05, 0.1) is 11.7 Å². The lowest BCUT2D eigenvalue weighted by atomic mass is 9.95. The molecular formula is C10H13N3O2. The van der Waals surface area contributed by atoms with E-state index in [0.717, 1.165) is 19.4 Å². The maximum Gasteiger partial charge on any atom is 0.225 e. The average molecular weight is 207 g/mol. The van der Waals surface area contributed by atoms with Gasteiger partial charge in [-0.25, -0.2) is 9.97 Å². The van der Waals surface area contributed by atoms with Gasteiger partial charge in [0.2, 0.25) is 5.95 Å². The molecule has 0 spiro atoms. The molecule has 0 radical (unpaired) electrons. The van der Waals surface area contributed by atoms with E-state index in [4.69, 9.17) is 0 Å². The highest BCUT2D eigenvalue weighted by atomic mass is 16.3. The van der Waals surface area contributed by atoms with E-state index in [1.54, 1.807) is 6.92 Å². The molecular weight excluding hydrogens is 194 g/mol. The van der Waals surface area contributed by atoms with Crippen molar-refractivity contribution in [3.05, 3.63) is 18.0 Å². The summed E-state index contributed by atoms with van der Waals surface area (Å²) in [7, 11) is 0. The summed E-state index contributed by atoms with van der Waals surface area (Å²) in [6.07, 6.45) is 3.45. The predicted octanol–water partition coefficient (Wildman–Crippen LogP) is 0.106. The van der Waals surface area contributed by atoms with Crippen LogP contribution in [0.2, 0.25) is 0 Å². The van der Waals surface area contributed by atoms with Crippen molar-refractivity contribution in [1.29, 1.82) is 0 Å². The third-order valence-electron chi connectivity index (χ3n) is 2.67. The number of carbonyl (C=O) groups is 1. The van der Waals surface area contributed by atoms with Crippen LogP contribution >= 0.6 is 0 Å². The molecule has 1 fully saturated rings. The summed E-state index contributed by atoms with van der Waals surface area (Å²) in [5, 5.41) is 9.31. The first kappa shape index (κ1) is 10.0. The van der Waals surface area contributed by atoms with Gasteiger partial charge in [0.1, 0.15) is 0 Å². The van der Waals surface area contributed by atoms with Gasteiger partial charge in [-0.1, -0.05) is 0 Å². The van der Waals surface area contributed by atoms with Crippen LogP contribution < -0.4 is 4.90 Å². The number of aliphatic hydroxyl groups is 1. The molecule has 0 aromatic carbocycles. The monoisotopic (exact) mass is 207 g/mol. The molecule has 1 atom stereocenters. The van der Waals surface area contributed by atoms with E-state index in [1.165, 1.54) is 12.4 Å². The zero-order valence-corrected chi connectivity index (χ0v) is 8.50. The molecule has 80 valence electrons. The molecule has 0 unspecified atom stereocenters. The van der Waals surface area contributed by atoms with Crippen LogP contribution in [-0.2, 0) is 0 Å². The lowest BCUT2D eigenvalue weighted by Crippen LogP contribution is -2.51. The molecule has 5 nitrogen and oxygen atoms in total. The maximum atomic E-state index is 10.4. The van der Waals surface area contributed by atoms with E-state index in [9.17, 15) is 9.90 Å². The van der Waals surface area contributed by atoms with Gasteiger partial charge >= 0.3 is 0 Å². The van der Waals surface area contributed by atoms with Crippen molar-refractivity contribution in [3.63, 3.8) is 0 Å².